The molecule has 0 saturated carbocycles. The highest BCUT2D eigenvalue weighted by Crippen LogP contribution is 2.42. The summed E-state index contributed by atoms with van der Waals surface area (Å²) in [5.41, 5.74) is 0.836. The molecule has 3 atom stereocenters. The van der Waals surface area contributed by atoms with Crippen molar-refractivity contribution < 1.29 is 36.1 Å². The SMILES string of the molecule is CCCCCCCC[N+]1(C)C2CCC1CC(OC(=O)C(CO)c1ccccc1)C2.[Br-]. The number of hydrogen-bond donors (Lipinski definition) is 1. The van der Waals surface area contributed by atoms with Crippen molar-refractivity contribution in [3.05, 3.63) is 35.9 Å². The lowest BCUT2D eigenvalue weighted by Crippen LogP contribution is -3.00. The highest BCUT2D eigenvalue weighted by molar-refractivity contribution is 5.78. The van der Waals surface area contributed by atoms with Gasteiger partial charge < -0.3 is 31.3 Å². The molecule has 2 saturated heterocycles. The fourth-order valence-corrected chi connectivity index (χ4v) is 5.64. The number of piperidine rings is 1. The third-order valence-corrected chi connectivity index (χ3v) is 7.52. The average Bonchev–Trinajstić information content (AvgIpc) is 2.89. The minimum Gasteiger partial charge on any atom is -1.00 e. The van der Waals surface area contributed by atoms with Gasteiger partial charge in [-0.25, -0.2) is 0 Å². The van der Waals surface area contributed by atoms with Crippen molar-refractivity contribution in [2.24, 2.45) is 0 Å². The van der Waals surface area contributed by atoms with Crippen LogP contribution in [0.2, 0.25) is 0 Å². The normalized spacial score (nSPS) is 28.6. The van der Waals surface area contributed by atoms with Crippen molar-refractivity contribution in [2.45, 2.75) is 95.2 Å². The van der Waals surface area contributed by atoms with Gasteiger partial charge in [0.1, 0.15) is 12.0 Å². The maximum absolute atomic E-state index is 12.7. The standard InChI is InChI=1S/C25H40NO3.BrH/c1-3-4-5-6-7-11-16-26(2)21-14-15-22(26)18-23(17-21)29-25(28)24(19-27)20-12-9-8-10-13-20;/h8-10,12-13,21-24,27H,3-7,11,14-19H2,1-2H3;1H/q+1;/p-1. The fourth-order valence-electron chi connectivity index (χ4n) is 5.64. The highest BCUT2D eigenvalue weighted by atomic mass is 79.9. The van der Waals surface area contributed by atoms with Gasteiger partial charge in [0.2, 0.25) is 0 Å². The average molecular weight is 483 g/mol. The van der Waals surface area contributed by atoms with Gasteiger partial charge in [-0.15, -0.1) is 0 Å². The number of unbranched alkanes of at least 4 members (excludes halogenated alkanes) is 5. The van der Waals surface area contributed by atoms with E-state index in [9.17, 15) is 9.90 Å². The molecule has 0 aliphatic carbocycles. The molecule has 5 heteroatoms. The van der Waals surface area contributed by atoms with E-state index in [-0.39, 0.29) is 35.7 Å². The van der Waals surface area contributed by atoms with E-state index in [2.05, 4.69) is 14.0 Å². The quantitative estimate of drug-likeness (QED) is 0.297. The smallest absolute Gasteiger partial charge is 0.316 e. The molecule has 1 aromatic rings. The molecule has 4 nitrogen and oxygen atoms in total. The van der Waals surface area contributed by atoms with E-state index in [1.165, 1.54) is 62.4 Å². The molecule has 0 spiro atoms. The molecule has 170 valence electrons. The number of carbonyl (C=O) groups is 1. The number of esters is 1. The van der Waals surface area contributed by atoms with Gasteiger partial charge in [0, 0.05) is 25.7 Å². The zero-order valence-electron chi connectivity index (χ0n) is 18.8. The molecule has 2 aliphatic rings. The van der Waals surface area contributed by atoms with E-state index >= 15 is 0 Å². The number of ether oxygens (including phenoxy) is 1. The lowest BCUT2D eigenvalue weighted by atomic mass is 9.95. The van der Waals surface area contributed by atoms with Crippen LogP contribution in [0.3, 0.4) is 0 Å². The van der Waals surface area contributed by atoms with Gasteiger partial charge in [-0.3, -0.25) is 4.79 Å². The van der Waals surface area contributed by atoms with Crippen molar-refractivity contribution in [3.63, 3.8) is 0 Å². The van der Waals surface area contributed by atoms with Crippen LogP contribution in [0.25, 0.3) is 0 Å². The number of quaternary nitrogens is 1. The summed E-state index contributed by atoms with van der Waals surface area (Å²) >= 11 is 0. The van der Waals surface area contributed by atoms with Crippen LogP contribution in [0.15, 0.2) is 30.3 Å². The summed E-state index contributed by atoms with van der Waals surface area (Å²) in [4.78, 5) is 12.7. The second-order valence-corrected chi connectivity index (χ2v) is 9.40. The molecule has 0 amide bonds. The summed E-state index contributed by atoms with van der Waals surface area (Å²) in [6.45, 7) is 3.34. The van der Waals surface area contributed by atoms with Crippen LogP contribution in [-0.2, 0) is 9.53 Å². The molecule has 30 heavy (non-hydrogen) atoms. The van der Waals surface area contributed by atoms with Crippen molar-refractivity contribution in [3.8, 4) is 0 Å². The molecule has 2 heterocycles. The van der Waals surface area contributed by atoms with Gasteiger partial charge in [0.25, 0.3) is 0 Å². The number of hydrogen-bond acceptors (Lipinski definition) is 3. The molecular weight excluding hydrogens is 442 g/mol. The number of carbonyl (C=O) groups excluding carboxylic acids is 1. The summed E-state index contributed by atoms with van der Waals surface area (Å²) in [5.74, 6) is -0.838. The Morgan fingerprint density at radius 2 is 1.67 bits per heavy atom. The van der Waals surface area contributed by atoms with E-state index < -0.39 is 5.92 Å². The Kier molecular flexibility index (Phi) is 10.3. The molecule has 2 aliphatic heterocycles. The number of fused-ring (bicyclic) bond motifs is 2. The Balaban J connectivity index is 0.00000320. The van der Waals surface area contributed by atoms with E-state index in [0.29, 0.717) is 12.1 Å². The lowest BCUT2D eigenvalue weighted by Gasteiger charge is -2.47. The first-order valence-corrected chi connectivity index (χ1v) is 11.8. The van der Waals surface area contributed by atoms with Gasteiger partial charge in [0.05, 0.1) is 32.3 Å². The number of benzene rings is 1. The van der Waals surface area contributed by atoms with Crippen LogP contribution in [-0.4, -0.2) is 53.9 Å². The molecule has 2 fully saturated rings. The largest absolute Gasteiger partial charge is 1.00 e. The predicted molar refractivity (Wildman–Crippen MR) is 117 cm³/mol. The fraction of sp³-hybridized carbons (Fsp3) is 0.720. The van der Waals surface area contributed by atoms with E-state index in [0.717, 1.165) is 18.4 Å². The lowest BCUT2D eigenvalue weighted by molar-refractivity contribution is -0.949. The minimum absolute atomic E-state index is 0. The van der Waals surface area contributed by atoms with Crippen molar-refractivity contribution in [1.82, 2.24) is 0 Å². The van der Waals surface area contributed by atoms with Crippen molar-refractivity contribution in [1.29, 1.82) is 0 Å². The monoisotopic (exact) mass is 481 g/mol. The van der Waals surface area contributed by atoms with Gasteiger partial charge in [-0.2, -0.15) is 0 Å². The summed E-state index contributed by atoms with van der Waals surface area (Å²) in [5, 5.41) is 9.75. The second-order valence-electron chi connectivity index (χ2n) is 9.40. The molecule has 1 N–H and O–H groups in total. The van der Waals surface area contributed by atoms with Crippen LogP contribution in [0.1, 0.15) is 82.6 Å². The van der Waals surface area contributed by atoms with E-state index in [1.807, 2.05) is 30.3 Å². The Hall–Kier alpha value is -0.910. The van der Waals surface area contributed by atoms with Gasteiger partial charge >= 0.3 is 5.97 Å². The highest BCUT2D eigenvalue weighted by Gasteiger charge is 2.52. The van der Waals surface area contributed by atoms with Gasteiger partial charge in [-0.05, 0) is 18.4 Å². The maximum atomic E-state index is 12.7. The molecule has 1 aromatic carbocycles. The second kappa shape index (κ2) is 12.2. The number of nitrogens with zero attached hydrogens (tertiary/aromatic N) is 1. The number of aliphatic hydroxyl groups excluding tert-OH is 1. The Morgan fingerprint density at radius 1 is 1.07 bits per heavy atom. The number of halogens is 1. The van der Waals surface area contributed by atoms with E-state index in [1.54, 1.807) is 0 Å². The van der Waals surface area contributed by atoms with Crippen LogP contribution in [0.5, 0.6) is 0 Å². The van der Waals surface area contributed by atoms with Gasteiger partial charge in [0.15, 0.2) is 0 Å². The summed E-state index contributed by atoms with van der Waals surface area (Å²) in [6.07, 6.45) is 12.5. The summed E-state index contributed by atoms with van der Waals surface area (Å²) in [6, 6.07) is 10.7. The summed E-state index contributed by atoms with van der Waals surface area (Å²) < 4.78 is 7.12. The number of aliphatic hydroxyl groups is 1. The number of rotatable bonds is 11. The first-order valence-electron chi connectivity index (χ1n) is 11.8. The third kappa shape index (κ3) is 6.08. The Labute approximate surface area is 193 Å². The van der Waals surface area contributed by atoms with Crippen LogP contribution in [0, 0.1) is 0 Å². The first kappa shape index (κ1) is 25.4. The molecule has 3 rings (SSSR count). The minimum atomic E-state index is -0.570. The first-order chi connectivity index (χ1) is 14.1. The van der Waals surface area contributed by atoms with Gasteiger partial charge in [-0.1, -0.05) is 62.9 Å². The molecule has 0 aromatic heterocycles. The Bertz CT molecular complexity index is 625. The molecular formula is C25H40BrNO3. The van der Waals surface area contributed by atoms with Crippen LogP contribution >= 0.6 is 0 Å². The summed E-state index contributed by atoms with van der Waals surface area (Å²) in [7, 11) is 2.44. The zero-order chi connectivity index (χ0) is 20.7. The maximum Gasteiger partial charge on any atom is 0.316 e. The molecule has 0 radical (unpaired) electrons. The predicted octanol–water partition coefficient (Wildman–Crippen LogP) is 1.81. The van der Waals surface area contributed by atoms with E-state index in [4.69, 9.17) is 4.74 Å². The van der Waals surface area contributed by atoms with Crippen LogP contribution < -0.4 is 17.0 Å². The zero-order valence-corrected chi connectivity index (χ0v) is 20.4. The topological polar surface area (TPSA) is 46.5 Å². The van der Waals surface area contributed by atoms with Crippen LogP contribution in [0.4, 0.5) is 0 Å². The Morgan fingerprint density at radius 3 is 2.27 bits per heavy atom. The van der Waals surface area contributed by atoms with Crippen molar-refractivity contribution >= 4 is 5.97 Å². The molecule has 2 bridgehead atoms. The molecule has 3 unspecified atom stereocenters. The third-order valence-electron chi connectivity index (χ3n) is 7.52. The van der Waals surface area contributed by atoms with Crippen molar-refractivity contribution in [2.75, 3.05) is 20.2 Å².